The van der Waals surface area contributed by atoms with E-state index in [-0.39, 0.29) is 5.88 Å². The molecule has 3 heteroatoms. The third kappa shape index (κ3) is 1.40. The van der Waals surface area contributed by atoms with Crippen molar-refractivity contribution in [2.24, 2.45) is 0 Å². The molecule has 2 aromatic rings. The molecule has 66 valence electrons. The van der Waals surface area contributed by atoms with Crippen molar-refractivity contribution >= 4 is 26.8 Å². The highest BCUT2D eigenvalue weighted by atomic mass is 79.9. The van der Waals surface area contributed by atoms with Gasteiger partial charge in [-0.3, -0.25) is 0 Å². The van der Waals surface area contributed by atoms with Crippen LogP contribution in [0.4, 0.5) is 0 Å². The van der Waals surface area contributed by atoms with Crippen molar-refractivity contribution in [3.63, 3.8) is 0 Å². The van der Waals surface area contributed by atoms with Gasteiger partial charge in [0, 0.05) is 15.9 Å². The number of pyridine rings is 1. The zero-order chi connectivity index (χ0) is 9.42. The number of para-hydroxylation sites is 1. The third-order valence-corrected chi connectivity index (χ3v) is 2.62. The Morgan fingerprint density at radius 1 is 1.38 bits per heavy atom. The van der Waals surface area contributed by atoms with Crippen molar-refractivity contribution < 1.29 is 5.11 Å². The lowest BCUT2D eigenvalue weighted by Crippen LogP contribution is -1.84. The quantitative estimate of drug-likeness (QED) is 0.765. The summed E-state index contributed by atoms with van der Waals surface area (Å²) in [5, 5.41) is 10.4. The second-order valence-corrected chi connectivity index (χ2v) is 3.79. The number of fused-ring (bicyclic) bond motifs is 1. The Balaban J connectivity index is 2.94. The minimum absolute atomic E-state index is 0.0666. The highest BCUT2D eigenvalue weighted by Crippen LogP contribution is 2.26. The van der Waals surface area contributed by atoms with Gasteiger partial charge in [0.25, 0.3) is 0 Å². The lowest BCUT2D eigenvalue weighted by atomic mass is 10.1. The van der Waals surface area contributed by atoms with Crippen LogP contribution in [0, 0.1) is 6.92 Å². The number of rotatable bonds is 0. The van der Waals surface area contributed by atoms with Gasteiger partial charge in [-0.25, -0.2) is 4.98 Å². The number of hydrogen-bond acceptors (Lipinski definition) is 2. The maximum absolute atomic E-state index is 9.30. The van der Waals surface area contributed by atoms with Gasteiger partial charge in [0.15, 0.2) is 0 Å². The molecule has 0 amide bonds. The lowest BCUT2D eigenvalue weighted by molar-refractivity contribution is 0.455. The molecule has 0 bridgehead atoms. The fourth-order valence-corrected chi connectivity index (χ4v) is 1.82. The van der Waals surface area contributed by atoms with Gasteiger partial charge in [-0.2, -0.15) is 0 Å². The van der Waals surface area contributed by atoms with E-state index in [9.17, 15) is 5.11 Å². The molecule has 2 nitrogen and oxygen atoms in total. The van der Waals surface area contributed by atoms with Gasteiger partial charge in [0.1, 0.15) is 0 Å². The molecule has 0 radical (unpaired) electrons. The molecule has 0 spiro atoms. The number of halogens is 1. The number of benzene rings is 1. The minimum atomic E-state index is 0.0666. The summed E-state index contributed by atoms with van der Waals surface area (Å²) in [7, 11) is 0. The number of nitrogens with zero attached hydrogens (tertiary/aromatic N) is 1. The Morgan fingerprint density at radius 2 is 2.15 bits per heavy atom. The predicted octanol–water partition coefficient (Wildman–Crippen LogP) is 3.01. The van der Waals surface area contributed by atoms with Crippen molar-refractivity contribution in [2.45, 2.75) is 6.92 Å². The van der Waals surface area contributed by atoms with Crippen LogP contribution in [0.25, 0.3) is 10.9 Å². The molecule has 0 saturated heterocycles. The molecule has 0 aliphatic rings. The van der Waals surface area contributed by atoms with Gasteiger partial charge < -0.3 is 5.11 Å². The Bertz CT molecular complexity index is 468. The van der Waals surface area contributed by atoms with Crippen molar-refractivity contribution in [3.05, 3.63) is 34.3 Å². The molecule has 0 fully saturated rings. The summed E-state index contributed by atoms with van der Waals surface area (Å²) in [6.07, 6.45) is 0. The molecular formula is C10H8BrNO. The molecular weight excluding hydrogens is 230 g/mol. The lowest BCUT2D eigenvalue weighted by Gasteiger charge is -2.03. The van der Waals surface area contributed by atoms with Crippen LogP contribution in [-0.4, -0.2) is 10.1 Å². The van der Waals surface area contributed by atoms with Gasteiger partial charge in [-0.1, -0.05) is 12.1 Å². The van der Waals surface area contributed by atoms with E-state index in [0.29, 0.717) is 0 Å². The third-order valence-electron chi connectivity index (χ3n) is 1.98. The summed E-state index contributed by atoms with van der Waals surface area (Å²) in [5.74, 6) is 0.0666. The largest absolute Gasteiger partial charge is 0.493 e. The van der Waals surface area contributed by atoms with E-state index in [1.165, 1.54) is 0 Å². The zero-order valence-corrected chi connectivity index (χ0v) is 8.67. The summed E-state index contributed by atoms with van der Waals surface area (Å²) < 4.78 is 0.906. The zero-order valence-electron chi connectivity index (χ0n) is 7.08. The summed E-state index contributed by atoms with van der Waals surface area (Å²) in [4.78, 5) is 4.04. The van der Waals surface area contributed by atoms with Crippen LogP contribution in [0.1, 0.15) is 5.56 Å². The Labute approximate surface area is 84.4 Å². The molecule has 0 aliphatic heterocycles. The van der Waals surface area contributed by atoms with Crippen LogP contribution in [0.3, 0.4) is 0 Å². The summed E-state index contributed by atoms with van der Waals surface area (Å²) >= 11 is 3.39. The molecule has 1 N–H and O–H groups in total. The second kappa shape index (κ2) is 3.00. The van der Waals surface area contributed by atoms with Gasteiger partial charge >= 0.3 is 0 Å². The molecule has 1 aromatic carbocycles. The van der Waals surface area contributed by atoms with Crippen molar-refractivity contribution in [3.8, 4) is 5.88 Å². The number of aromatic hydroxyl groups is 1. The number of hydrogen-bond donors (Lipinski definition) is 1. The maximum atomic E-state index is 9.30. The van der Waals surface area contributed by atoms with Gasteiger partial charge in [0.05, 0.1) is 5.52 Å². The first-order valence-electron chi connectivity index (χ1n) is 3.93. The maximum Gasteiger partial charge on any atom is 0.211 e. The molecule has 1 heterocycles. The fourth-order valence-electron chi connectivity index (χ4n) is 1.37. The van der Waals surface area contributed by atoms with Crippen LogP contribution in [-0.2, 0) is 0 Å². The smallest absolute Gasteiger partial charge is 0.211 e. The molecule has 0 aliphatic carbocycles. The number of aromatic nitrogens is 1. The molecule has 1 aromatic heterocycles. The van der Waals surface area contributed by atoms with E-state index < -0.39 is 0 Å². The number of aryl methyl sites for hydroxylation is 1. The fraction of sp³-hybridized carbons (Fsp3) is 0.100. The highest BCUT2D eigenvalue weighted by Gasteiger charge is 2.03. The summed E-state index contributed by atoms with van der Waals surface area (Å²) in [5.41, 5.74) is 1.84. The van der Waals surface area contributed by atoms with E-state index in [0.717, 1.165) is 20.9 Å². The van der Waals surface area contributed by atoms with Crippen molar-refractivity contribution in [2.75, 3.05) is 0 Å². The van der Waals surface area contributed by atoms with E-state index >= 15 is 0 Å². The first-order valence-corrected chi connectivity index (χ1v) is 4.72. The minimum Gasteiger partial charge on any atom is -0.493 e. The first-order chi connectivity index (χ1) is 6.18. The van der Waals surface area contributed by atoms with Crippen LogP contribution < -0.4 is 0 Å². The summed E-state index contributed by atoms with van der Waals surface area (Å²) in [6.45, 7) is 1.95. The average Bonchev–Trinajstić information content (AvgIpc) is 2.07. The Morgan fingerprint density at radius 3 is 2.92 bits per heavy atom. The molecule has 13 heavy (non-hydrogen) atoms. The first kappa shape index (κ1) is 8.51. The van der Waals surface area contributed by atoms with Crippen LogP contribution >= 0.6 is 15.9 Å². The van der Waals surface area contributed by atoms with E-state index in [1.54, 1.807) is 6.07 Å². The van der Waals surface area contributed by atoms with E-state index in [4.69, 9.17) is 0 Å². The monoisotopic (exact) mass is 237 g/mol. The Hall–Kier alpha value is -1.09. The molecule has 0 saturated carbocycles. The summed E-state index contributed by atoms with van der Waals surface area (Å²) in [6, 6.07) is 7.52. The van der Waals surface area contributed by atoms with E-state index in [1.807, 2.05) is 25.1 Å². The van der Waals surface area contributed by atoms with Crippen molar-refractivity contribution in [1.82, 2.24) is 4.98 Å². The highest BCUT2D eigenvalue weighted by molar-refractivity contribution is 9.10. The molecule has 0 atom stereocenters. The van der Waals surface area contributed by atoms with Gasteiger partial charge in [-0.15, -0.1) is 0 Å². The standard InChI is InChI=1S/C10H8BrNO/c1-6-5-9(13)12-10-7(6)3-2-4-8(10)11/h2-5H,1H3,(H,12,13). The normalized spacial score (nSPS) is 10.6. The van der Waals surface area contributed by atoms with E-state index in [2.05, 4.69) is 20.9 Å². The Kier molecular flexibility index (Phi) is 1.96. The molecule has 2 rings (SSSR count). The SMILES string of the molecule is Cc1cc(O)nc2c(Br)cccc12. The van der Waals surface area contributed by atoms with Gasteiger partial charge in [-0.05, 0) is 34.5 Å². The molecule has 0 unspecified atom stereocenters. The van der Waals surface area contributed by atoms with Crippen molar-refractivity contribution in [1.29, 1.82) is 0 Å². The topological polar surface area (TPSA) is 33.1 Å². The average molecular weight is 238 g/mol. The van der Waals surface area contributed by atoms with Crippen LogP contribution in [0.15, 0.2) is 28.7 Å². The van der Waals surface area contributed by atoms with Crippen LogP contribution in [0.5, 0.6) is 5.88 Å². The van der Waals surface area contributed by atoms with Crippen LogP contribution in [0.2, 0.25) is 0 Å². The predicted molar refractivity (Wildman–Crippen MR) is 55.8 cm³/mol. The van der Waals surface area contributed by atoms with Gasteiger partial charge in [0.2, 0.25) is 5.88 Å². The second-order valence-electron chi connectivity index (χ2n) is 2.93.